The zero-order valence-corrected chi connectivity index (χ0v) is 17.4. The first-order valence-corrected chi connectivity index (χ1v) is 10.1. The van der Waals surface area contributed by atoms with Gasteiger partial charge in [0.25, 0.3) is 0 Å². The molecule has 0 saturated carbocycles. The SMILES string of the molecule is CC(=O)[C@H](CSC1CC(=O)N(Cc2ccccc2)C1=O)NC(=O)OC(C)(C)C. The maximum Gasteiger partial charge on any atom is 0.408 e. The zero-order chi connectivity index (χ0) is 20.9. The number of likely N-dealkylation sites (tertiary alicyclic amines) is 1. The van der Waals surface area contributed by atoms with Crippen LogP contribution in [0.15, 0.2) is 30.3 Å². The van der Waals surface area contributed by atoms with Crippen LogP contribution in [0.3, 0.4) is 0 Å². The van der Waals surface area contributed by atoms with Crippen molar-refractivity contribution in [1.82, 2.24) is 10.2 Å². The van der Waals surface area contributed by atoms with Gasteiger partial charge in [0.15, 0.2) is 5.78 Å². The monoisotopic (exact) mass is 406 g/mol. The van der Waals surface area contributed by atoms with Gasteiger partial charge in [0, 0.05) is 12.2 Å². The number of alkyl carbamates (subject to hydrolysis) is 1. The Hall–Kier alpha value is -2.35. The second-order valence-electron chi connectivity index (χ2n) is 7.64. The molecule has 3 amide bonds. The molecule has 0 bridgehead atoms. The van der Waals surface area contributed by atoms with Gasteiger partial charge in [-0.1, -0.05) is 30.3 Å². The third-order valence-electron chi connectivity index (χ3n) is 4.03. The van der Waals surface area contributed by atoms with Crippen LogP contribution in [0.2, 0.25) is 0 Å². The molecule has 1 saturated heterocycles. The first-order chi connectivity index (χ1) is 13.1. The van der Waals surface area contributed by atoms with E-state index in [1.54, 1.807) is 20.8 Å². The van der Waals surface area contributed by atoms with Crippen LogP contribution in [0.1, 0.15) is 39.7 Å². The quantitative estimate of drug-likeness (QED) is 0.700. The normalized spacial score (nSPS) is 18.1. The predicted octanol–water partition coefficient (Wildman–Crippen LogP) is 2.53. The largest absolute Gasteiger partial charge is 0.444 e. The van der Waals surface area contributed by atoms with Crippen LogP contribution >= 0.6 is 11.8 Å². The first-order valence-electron chi connectivity index (χ1n) is 9.06. The van der Waals surface area contributed by atoms with Crippen molar-refractivity contribution in [1.29, 1.82) is 0 Å². The summed E-state index contributed by atoms with van der Waals surface area (Å²) in [6.45, 7) is 6.80. The van der Waals surface area contributed by atoms with Gasteiger partial charge in [0.2, 0.25) is 11.8 Å². The van der Waals surface area contributed by atoms with Crippen LogP contribution in [-0.2, 0) is 25.7 Å². The van der Waals surface area contributed by atoms with Gasteiger partial charge in [-0.05, 0) is 33.3 Å². The summed E-state index contributed by atoms with van der Waals surface area (Å²) < 4.78 is 5.17. The maximum absolute atomic E-state index is 12.6. The Labute approximate surface area is 169 Å². The summed E-state index contributed by atoms with van der Waals surface area (Å²) in [5.74, 6) is -0.544. The fraction of sp³-hybridized carbons (Fsp3) is 0.500. The lowest BCUT2D eigenvalue weighted by Crippen LogP contribution is -2.44. The number of thioether (sulfide) groups is 1. The number of carbonyl (C=O) groups is 4. The van der Waals surface area contributed by atoms with E-state index in [1.165, 1.54) is 23.6 Å². The molecule has 1 unspecified atom stereocenters. The lowest BCUT2D eigenvalue weighted by Gasteiger charge is -2.23. The van der Waals surface area contributed by atoms with E-state index >= 15 is 0 Å². The second-order valence-corrected chi connectivity index (χ2v) is 8.87. The van der Waals surface area contributed by atoms with Gasteiger partial charge in [0.1, 0.15) is 5.60 Å². The number of rotatable bonds is 7. The van der Waals surface area contributed by atoms with Gasteiger partial charge in [0.05, 0.1) is 17.8 Å². The van der Waals surface area contributed by atoms with E-state index in [9.17, 15) is 19.2 Å². The van der Waals surface area contributed by atoms with Crippen molar-refractivity contribution in [2.24, 2.45) is 0 Å². The molecule has 1 heterocycles. The number of amides is 3. The predicted molar refractivity (Wildman–Crippen MR) is 107 cm³/mol. The molecular formula is C20H26N2O5S. The number of hydrogen-bond acceptors (Lipinski definition) is 6. The van der Waals surface area contributed by atoms with Crippen molar-refractivity contribution in [3.63, 3.8) is 0 Å². The molecule has 8 heteroatoms. The fourth-order valence-electron chi connectivity index (χ4n) is 2.64. The van der Waals surface area contributed by atoms with Crippen molar-refractivity contribution < 1.29 is 23.9 Å². The van der Waals surface area contributed by atoms with Crippen molar-refractivity contribution in [2.45, 2.75) is 57.6 Å². The number of ether oxygens (including phenoxy) is 1. The number of nitrogens with one attached hydrogen (secondary N) is 1. The summed E-state index contributed by atoms with van der Waals surface area (Å²) in [5.41, 5.74) is 0.202. The second kappa shape index (κ2) is 9.23. The number of hydrogen-bond donors (Lipinski definition) is 1. The third kappa shape index (κ3) is 6.37. The minimum absolute atomic E-state index is 0.0907. The average molecular weight is 407 g/mol. The molecule has 1 aromatic carbocycles. The lowest BCUT2D eigenvalue weighted by atomic mass is 10.2. The minimum atomic E-state index is -0.786. The molecule has 0 aromatic heterocycles. The van der Waals surface area contributed by atoms with Crippen molar-refractivity contribution in [2.75, 3.05) is 5.75 Å². The van der Waals surface area contributed by atoms with E-state index in [0.29, 0.717) is 0 Å². The van der Waals surface area contributed by atoms with Gasteiger partial charge in [-0.3, -0.25) is 19.3 Å². The summed E-state index contributed by atoms with van der Waals surface area (Å²) in [5, 5.41) is 1.98. The van der Waals surface area contributed by atoms with Crippen LogP contribution in [0.5, 0.6) is 0 Å². The van der Waals surface area contributed by atoms with E-state index in [4.69, 9.17) is 4.74 Å². The highest BCUT2D eigenvalue weighted by molar-refractivity contribution is 8.00. The number of ketones is 1. The highest BCUT2D eigenvalue weighted by Crippen LogP contribution is 2.27. The topological polar surface area (TPSA) is 92.8 Å². The van der Waals surface area contributed by atoms with Crippen molar-refractivity contribution in [3.8, 4) is 0 Å². The molecule has 0 aliphatic carbocycles. The van der Waals surface area contributed by atoms with Gasteiger partial charge >= 0.3 is 6.09 Å². The van der Waals surface area contributed by atoms with Crippen LogP contribution in [0.4, 0.5) is 4.79 Å². The molecule has 7 nitrogen and oxygen atoms in total. The Morgan fingerprint density at radius 2 is 1.89 bits per heavy atom. The van der Waals surface area contributed by atoms with Crippen LogP contribution in [-0.4, -0.2) is 51.2 Å². The fourth-order valence-corrected chi connectivity index (χ4v) is 3.91. The molecule has 152 valence electrons. The summed E-state index contributed by atoms with van der Waals surface area (Å²) in [6.07, 6.45) is -0.597. The van der Waals surface area contributed by atoms with Crippen LogP contribution in [0.25, 0.3) is 0 Å². The molecule has 2 rings (SSSR count). The van der Waals surface area contributed by atoms with Crippen LogP contribution < -0.4 is 5.32 Å². The van der Waals surface area contributed by atoms with Crippen molar-refractivity contribution in [3.05, 3.63) is 35.9 Å². The average Bonchev–Trinajstić information content (AvgIpc) is 2.85. The van der Waals surface area contributed by atoms with E-state index in [2.05, 4.69) is 5.32 Å². The van der Waals surface area contributed by atoms with Gasteiger partial charge in [-0.15, -0.1) is 11.8 Å². The summed E-state index contributed by atoms with van der Waals surface area (Å²) >= 11 is 1.20. The van der Waals surface area contributed by atoms with Crippen molar-refractivity contribution >= 4 is 35.5 Å². The first kappa shape index (κ1) is 21.9. The summed E-state index contributed by atoms with van der Waals surface area (Å²) in [4.78, 5) is 49.9. The number of nitrogens with zero attached hydrogens (tertiary/aromatic N) is 1. The smallest absolute Gasteiger partial charge is 0.408 e. The highest BCUT2D eigenvalue weighted by Gasteiger charge is 2.39. The van der Waals surface area contributed by atoms with Crippen LogP contribution in [0, 0.1) is 0 Å². The number of Topliss-reactive ketones (excluding diaryl/α,β-unsaturated/α-hetero) is 1. The molecule has 1 aromatic rings. The number of benzene rings is 1. The Balaban J connectivity index is 1.93. The van der Waals surface area contributed by atoms with Gasteiger partial charge in [-0.25, -0.2) is 4.79 Å². The lowest BCUT2D eigenvalue weighted by molar-refractivity contribution is -0.139. The standard InChI is InChI=1S/C20H26N2O5S/c1-13(23)15(21-19(26)27-20(2,3)4)12-28-16-10-17(24)22(18(16)25)11-14-8-6-5-7-9-14/h5-9,15-16H,10-12H2,1-4H3,(H,21,26)/t15-,16?/m0/s1. The molecule has 0 spiro atoms. The molecular weight excluding hydrogens is 380 g/mol. The summed E-state index contributed by atoms with van der Waals surface area (Å²) in [7, 11) is 0. The number of carbonyl (C=O) groups excluding carboxylic acids is 4. The Bertz CT molecular complexity index is 745. The highest BCUT2D eigenvalue weighted by atomic mass is 32.2. The molecule has 1 N–H and O–H groups in total. The molecule has 1 aliphatic heterocycles. The molecule has 1 fully saturated rings. The van der Waals surface area contributed by atoms with Gasteiger partial charge < -0.3 is 10.1 Å². The minimum Gasteiger partial charge on any atom is -0.444 e. The molecule has 1 aliphatic rings. The maximum atomic E-state index is 12.6. The molecule has 0 radical (unpaired) electrons. The van der Waals surface area contributed by atoms with E-state index < -0.39 is 23.0 Å². The molecule has 2 atom stereocenters. The Morgan fingerprint density at radius 1 is 1.25 bits per heavy atom. The summed E-state index contributed by atoms with van der Waals surface area (Å²) in [6, 6.07) is 8.51. The Morgan fingerprint density at radius 3 is 2.46 bits per heavy atom. The third-order valence-corrected chi connectivity index (χ3v) is 5.33. The van der Waals surface area contributed by atoms with Gasteiger partial charge in [-0.2, -0.15) is 0 Å². The zero-order valence-electron chi connectivity index (χ0n) is 16.6. The van der Waals surface area contributed by atoms with E-state index in [1.807, 2.05) is 30.3 Å². The van der Waals surface area contributed by atoms with E-state index in [0.717, 1.165) is 5.56 Å². The molecule has 28 heavy (non-hydrogen) atoms. The number of imide groups is 1. The Kier molecular flexibility index (Phi) is 7.23. The van der Waals surface area contributed by atoms with E-state index in [-0.39, 0.29) is 36.3 Å².